The van der Waals surface area contributed by atoms with E-state index in [1.807, 2.05) is 0 Å². The van der Waals surface area contributed by atoms with Gasteiger partial charge in [0.05, 0.1) is 26.9 Å². The molecule has 100 valence electrons. The number of hydrogen-bond donors (Lipinski definition) is 1. The highest BCUT2D eigenvalue weighted by atomic mass is 28.3. The zero-order valence-electron chi connectivity index (χ0n) is 11.6. The summed E-state index contributed by atoms with van der Waals surface area (Å²) >= 11 is 0. The van der Waals surface area contributed by atoms with Crippen LogP contribution < -0.4 is 5.19 Å². The first-order valence-corrected chi connectivity index (χ1v) is 10.0. The van der Waals surface area contributed by atoms with E-state index in [0.29, 0.717) is 6.61 Å². The van der Waals surface area contributed by atoms with Gasteiger partial charge in [0.25, 0.3) is 0 Å². The van der Waals surface area contributed by atoms with E-state index in [9.17, 15) is 5.11 Å². The number of aliphatic hydroxyl groups is 1. The minimum Gasteiger partial charge on any atom is -0.393 e. The molecule has 1 heterocycles. The van der Waals surface area contributed by atoms with Gasteiger partial charge >= 0.3 is 0 Å². The molecule has 2 rings (SSSR count). The van der Waals surface area contributed by atoms with Gasteiger partial charge in [0.15, 0.2) is 0 Å². The zero-order valence-corrected chi connectivity index (χ0v) is 12.6. The average molecular weight is 264 g/mol. The molecule has 0 aromatic heterocycles. The second kappa shape index (κ2) is 5.55. The fourth-order valence-electron chi connectivity index (χ4n) is 2.69. The molecule has 1 aromatic rings. The van der Waals surface area contributed by atoms with E-state index >= 15 is 0 Å². The first-order valence-electron chi connectivity index (χ1n) is 6.84. The summed E-state index contributed by atoms with van der Waals surface area (Å²) in [5.74, 6) is 0.280. The Balaban J connectivity index is 2.00. The molecule has 0 amide bonds. The predicted octanol–water partition coefficient (Wildman–Crippen LogP) is 2.39. The van der Waals surface area contributed by atoms with E-state index in [4.69, 9.17) is 4.74 Å². The van der Waals surface area contributed by atoms with Gasteiger partial charge in [0.2, 0.25) is 0 Å². The van der Waals surface area contributed by atoms with E-state index in [0.717, 1.165) is 12.5 Å². The van der Waals surface area contributed by atoms with Crippen LogP contribution in [0.25, 0.3) is 0 Å². The average Bonchev–Trinajstić information content (AvgIpc) is 2.35. The molecule has 1 N–H and O–H groups in total. The van der Waals surface area contributed by atoms with Crippen LogP contribution >= 0.6 is 0 Å². The van der Waals surface area contributed by atoms with Crippen molar-refractivity contribution in [1.29, 1.82) is 0 Å². The van der Waals surface area contributed by atoms with E-state index in [1.54, 1.807) is 0 Å². The Hall–Kier alpha value is -0.643. The smallest absolute Gasteiger partial charge is 0.0831 e. The van der Waals surface area contributed by atoms with Crippen LogP contribution in [0.15, 0.2) is 30.3 Å². The maximum Gasteiger partial charge on any atom is 0.0831 e. The van der Waals surface area contributed by atoms with Crippen molar-refractivity contribution < 1.29 is 9.84 Å². The van der Waals surface area contributed by atoms with Crippen molar-refractivity contribution in [3.8, 4) is 0 Å². The van der Waals surface area contributed by atoms with Crippen LogP contribution in [0.4, 0.5) is 0 Å². The molecule has 0 bridgehead atoms. The first kappa shape index (κ1) is 13.8. The molecule has 1 aromatic carbocycles. The Morgan fingerprint density at radius 3 is 2.56 bits per heavy atom. The molecule has 1 fully saturated rings. The monoisotopic (exact) mass is 264 g/mol. The van der Waals surface area contributed by atoms with Crippen molar-refractivity contribution in [2.24, 2.45) is 5.92 Å². The third-order valence-electron chi connectivity index (χ3n) is 4.05. The largest absolute Gasteiger partial charge is 0.393 e. The van der Waals surface area contributed by atoms with Crippen molar-refractivity contribution in [3.63, 3.8) is 0 Å². The van der Waals surface area contributed by atoms with Gasteiger partial charge < -0.3 is 9.84 Å². The summed E-state index contributed by atoms with van der Waals surface area (Å²) in [6.45, 7) is 7.53. The Morgan fingerprint density at radius 2 is 1.94 bits per heavy atom. The quantitative estimate of drug-likeness (QED) is 0.850. The Morgan fingerprint density at radius 1 is 1.28 bits per heavy atom. The van der Waals surface area contributed by atoms with E-state index in [2.05, 4.69) is 50.3 Å². The van der Waals surface area contributed by atoms with Crippen LogP contribution in [-0.2, 0) is 4.74 Å². The molecule has 2 nitrogen and oxygen atoms in total. The minimum atomic E-state index is -1.45. The number of aliphatic hydroxyl groups excluding tert-OH is 1. The molecular weight excluding hydrogens is 240 g/mol. The summed E-state index contributed by atoms with van der Waals surface area (Å²) in [6, 6.07) is 11.9. The van der Waals surface area contributed by atoms with Crippen molar-refractivity contribution in [2.75, 3.05) is 6.61 Å². The van der Waals surface area contributed by atoms with Gasteiger partial charge in [-0.1, -0.05) is 55.5 Å². The topological polar surface area (TPSA) is 29.5 Å². The second-order valence-corrected chi connectivity index (χ2v) is 10.9. The summed E-state index contributed by atoms with van der Waals surface area (Å²) in [6.07, 6.45) is 0.840. The molecule has 1 saturated heterocycles. The Labute approximate surface area is 111 Å². The number of benzene rings is 1. The van der Waals surface area contributed by atoms with E-state index < -0.39 is 8.07 Å². The van der Waals surface area contributed by atoms with Crippen LogP contribution in [0.5, 0.6) is 0 Å². The van der Waals surface area contributed by atoms with E-state index in [1.165, 1.54) is 5.19 Å². The highest BCUT2D eigenvalue weighted by molar-refractivity contribution is 6.89. The molecule has 1 aliphatic rings. The first-order chi connectivity index (χ1) is 8.49. The van der Waals surface area contributed by atoms with Crippen molar-refractivity contribution >= 4 is 13.3 Å². The lowest BCUT2D eigenvalue weighted by molar-refractivity contribution is -0.0698. The predicted molar refractivity (Wildman–Crippen MR) is 77.9 cm³/mol. The Bertz CT molecular complexity index is 377. The third-order valence-corrected chi connectivity index (χ3v) is 7.42. The van der Waals surface area contributed by atoms with E-state index in [-0.39, 0.29) is 18.1 Å². The molecule has 0 aliphatic carbocycles. The van der Waals surface area contributed by atoms with Crippen LogP contribution in [0.1, 0.15) is 13.3 Å². The Kier molecular flexibility index (Phi) is 4.25. The lowest BCUT2D eigenvalue weighted by Crippen LogP contribution is -2.47. The SMILES string of the molecule is C[C@@H]1CO[C@@H](C[Si](C)(C)c2ccccc2)C[C@H]1O. The van der Waals surface area contributed by atoms with Gasteiger partial charge in [-0.05, 0) is 12.5 Å². The van der Waals surface area contributed by atoms with Gasteiger partial charge in [0, 0.05) is 5.92 Å². The van der Waals surface area contributed by atoms with Gasteiger partial charge in [-0.3, -0.25) is 0 Å². The van der Waals surface area contributed by atoms with Crippen LogP contribution in [0, 0.1) is 5.92 Å². The van der Waals surface area contributed by atoms with Crippen molar-refractivity contribution in [1.82, 2.24) is 0 Å². The molecule has 3 atom stereocenters. The summed E-state index contributed by atoms with van der Waals surface area (Å²) in [7, 11) is -1.45. The standard InChI is InChI=1S/C15H24O2Si/c1-12-10-17-13(9-15(12)16)11-18(2,3)14-7-5-4-6-8-14/h4-8,12-13,15-16H,9-11H2,1-3H3/t12-,13-,15-/m1/s1. The second-order valence-electron chi connectivity index (χ2n) is 6.19. The lowest BCUT2D eigenvalue weighted by Gasteiger charge is -2.35. The number of hydrogen-bond acceptors (Lipinski definition) is 2. The fourth-order valence-corrected chi connectivity index (χ4v) is 5.44. The molecule has 1 aliphatic heterocycles. The molecule has 0 spiro atoms. The highest BCUT2D eigenvalue weighted by Crippen LogP contribution is 2.25. The van der Waals surface area contributed by atoms with Gasteiger partial charge in [-0.25, -0.2) is 0 Å². The third kappa shape index (κ3) is 3.22. The summed E-state index contributed by atoms with van der Waals surface area (Å²) in [4.78, 5) is 0. The minimum absolute atomic E-state index is 0.190. The summed E-state index contributed by atoms with van der Waals surface area (Å²) < 4.78 is 5.89. The van der Waals surface area contributed by atoms with Gasteiger partial charge in [0.1, 0.15) is 0 Å². The van der Waals surface area contributed by atoms with Crippen molar-refractivity contribution in [2.45, 2.75) is 44.7 Å². The fraction of sp³-hybridized carbons (Fsp3) is 0.600. The molecule has 0 radical (unpaired) electrons. The molecule has 3 heteroatoms. The zero-order chi connectivity index (χ0) is 13.2. The van der Waals surface area contributed by atoms with Crippen LogP contribution in [0.3, 0.4) is 0 Å². The van der Waals surface area contributed by atoms with Crippen molar-refractivity contribution in [3.05, 3.63) is 30.3 Å². The normalized spacial score (nSPS) is 29.2. The summed E-state index contributed by atoms with van der Waals surface area (Å²) in [5, 5.41) is 11.4. The molecular formula is C15H24O2Si. The molecule has 18 heavy (non-hydrogen) atoms. The lowest BCUT2D eigenvalue weighted by atomic mass is 9.97. The summed E-state index contributed by atoms with van der Waals surface area (Å²) in [5.41, 5.74) is 0. The number of ether oxygens (including phenoxy) is 1. The maximum absolute atomic E-state index is 9.95. The maximum atomic E-state index is 9.95. The number of rotatable bonds is 3. The van der Waals surface area contributed by atoms with Gasteiger partial charge in [-0.15, -0.1) is 0 Å². The van der Waals surface area contributed by atoms with Crippen LogP contribution in [0.2, 0.25) is 19.1 Å². The molecule has 0 saturated carbocycles. The molecule has 0 unspecified atom stereocenters. The van der Waals surface area contributed by atoms with Crippen LogP contribution in [-0.4, -0.2) is 32.0 Å². The highest BCUT2D eigenvalue weighted by Gasteiger charge is 2.33. The van der Waals surface area contributed by atoms with Gasteiger partial charge in [-0.2, -0.15) is 0 Å².